The number of carbonyl (C=O) groups excluding carboxylic acids is 1. The summed E-state index contributed by atoms with van der Waals surface area (Å²) in [6.07, 6.45) is 3.47. The molecule has 0 unspecified atom stereocenters. The normalized spacial score (nSPS) is 15.1. The van der Waals surface area contributed by atoms with Gasteiger partial charge >= 0.3 is 5.97 Å². The minimum atomic E-state index is -0.899. The van der Waals surface area contributed by atoms with Crippen LogP contribution in [0.15, 0.2) is 24.3 Å². The number of likely N-dealkylation sites (tertiary alicyclic amines) is 1. The van der Waals surface area contributed by atoms with E-state index < -0.39 is 5.97 Å². The molecule has 96 valence electrons. The van der Waals surface area contributed by atoms with Crippen LogP contribution in [-0.4, -0.2) is 35.0 Å². The van der Waals surface area contributed by atoms with E-state index in [2.05, 4.69) is 0 Å². The van der Waals surface area contributed by atoms with E-state index >= 15 is 0 Å². The molecule has 1 aromatic rings. The van der Waals surface area contributed by atoms with Crippen molar-refractivity contribution >= 4 is 11.9 Å². The molecule has 4 nitrogen and oxygen atoms in total. The molecular weight excluding hydrogens is 230 g/mol. The molecule has 18 heavy (non-hydrogen) atoms. The highest BCUT2D eigenvalue weighted by Crippen LogP contribution is 2.12. The van der Waals surface area contributed by atoms with Gasteiger partial charge in [-0.05, 0) is 37.0 Å². The van der Waals surface area contributed by atoms with E-state index in [1.807, 2.05) is 17.0 Å². The van der Waals surface area contributed by atoms with Gasteiger partial charge in [0.1, 0.15) is 0 Å². The lowest BCUT2D eigenvalue weighted by atomic mass is 10.1. The fraction of sp³-hybridized carbons (Fsp3) is 0.429. The van der Waals surface area contributed by atoms with Gasteiger partial charge in [-0.3, -0.25) is 4.79 Å². The standard InChI is InChI=1S/C14H17NO3/c16-13-4-2-10-15(13)9-1-3-11-5-7-12(8-6-11)14(17)18/h5-8H,1-4,9-10H2,(H,17,18). The smallest absolute Gasteiger partial charge is 0.335 e. The Morgan fingerprint density at radius 3 is 2.56 bits per heavy atom. The van der Waals surface area contributed by atoms with Crippen molar-refractivity contribution in [3.63, 3.8) is 0 Å². The minimum absolute atomic E-state index is 0.260. The number of aryl methyl sites for hydroxylation is 1. The number of carboxylic acid groups (broad SMARTS) is 1. The van der Waals surface area contributed by atoms with Crippen molar-refractivity contribution in [2.45, 2.75) is 25.7 Å². The quantitative estimate of drug-likeness (QED) is 0.865. The Labute approximate surface area is 106 Å². The van der Waals surface area contributed by atoms with Crippen molar-refractivity contribution in [3.8, 4) is 0 Å². The number of benzene rings is 1. The monoisotopic (exact) mass is 247 g/mol. The number of nitrogens with zero attached hydrogens (tertiary/aromatic N) is 1. The predicted octanol–water partition coefficient (Wildman–Crippen LogP) is 1.94. The third-order valence-electron chi connectivity index (χ3n) is 3.27. The molecule has 1 saturated heterocycles. The zero-order valence-corrected chi connectivity index (χ0v) is 10.3. The number of carboxylic acids is 1. The van der Waals surface area contributed by atoms with E-state index in [-0.39, 0.29) is 5.91 Å². The zero-order chi connectivity index (χ0) is 13.0. The van der Waals surface area contributed by atoms with E-state index in [0.717, 1.165) is 37.9 Å². The van der Waals surface area contributed by atoms with Gasteiger partial charge in [-0.15, -0.1) is 0 Å². The third-order valence-corrected chi connectivity index (χ3v) is 3.27. The number of hydrogen-bond donors (Lipinski definition) is 1. The molecule has 1 aliphatic rings. The van der Waals surface area contributed by atoms with Gasteiger partial charge < -0.3 is 10.0 Å². The fourth-order valence-corrected chi connectivity index (χ4v) is 2.23. The van der Waals surface area contributed by atoms with Crippen LogP contribution in [0, 0.1) is 0 Å². The molecule has 2 rings (SSSR count). The van der Waals surface area contributed by atoms with Gasteiger partial charge in [-0.1, -0.05) is 12.1 Å². The molecule has 1 amide bonds. The largest absolute Gasteiger partial charge is 0.478 e. The summed E-state index contributed by atoms with van der Waals surface area (Å²) in [5.41, 5.74) is 1.43. The first kappa shape index (κ1) is 12.6. The molecule has 0 bridgehead atoms. The average Bonchev–Trinajstić information content (AvgIpc) is 2.76. The maximum atomic E-state index is 11.4. The highest BCUT2D eigenvalue weighted by Gasteiger charge is 2.18. The van der Waals surface area contributed by atoms with E-state index in [1.54, 1.807) is 12.1 Å². The number of carbonyl (C=O) groups is 2. The van der Waals surface area contributed by atoms with Crippen molar-refractivity contribution in [1.82, 2.24) is 4.90 Å². The van der Waals surface area contributed by atoms with Crippen molar-refractivity contribution in [3.05, 3.63) is 35.4 Å². The van der Waals surface area contributed by atoms with E-state index in [4.69, 9.17) is 5.11 Å². The summed E-state index contributed by atoms with van der Waals surface area (Å²) < 4.78 is 0. The highest BCUT2D eigenvalue weighted by atomic mass is 16.4. The first-order valence-corrected chi connectivity index (χ1v) is 6.27. The summed E-state index contributed by atoms with van der Waals surface area (Å²) in [6, 6.07) is 6.93. The minimum Gasteiger partial charge on any atom is -0.478 e. The van der Waals surface area contributed by atoms with Crippen LogP contribution in [0.5, 0.6) is 0 Å². The Morgan fingerprint density at radius 1 is 1.28 bits per heavy atom. The van der Waals surface area contributed by atoms with Crippen molar-refractivity contribution < 1.29 is 14.7 Å². The van der Waals surface area contributed by atoms with E-state index in [1.165, 1.54) is 0 Å². The molecule has 4 heteroatoms. The summed E-state index contributed by atoms with van der Waals surface area (Å²) in [7, 11) is 0. The lowest BCUT2D eigenvalue weighted by Gasteiger charge is -2.14. The molecule has 0 aliphatic carbocycles. The number of rotatable bonds is 5. The van der Waals surface area contributed by atoms with Crippen molar-refractivity contribution in [1.29, 1.82) is 0 Å². The molecule has 1 aromatic carbocycles. The van der Waals surface area contributed by atoms with Gasteiger partial charge in [0.2, 0.25) is 5.91 Å². The van der Waals surface area contributed by atoms with E-state index in [9.17, 15) is 9.59 Å². The lowest BCUT2D eigenvalue weighted by molar-refractivity contribution is -0.127. The Hall–Kier alpha value is -1.84. The molecule has 1 fully saturated rings. The second-order valence-corrected chi connectivity index (χ2v) is 4.59. The third kappa shape index (κ3) is 3.09. The summed E-state index contributed by atoms with van der Waals surface area (Å²) in [4.78, 5) is 24.0. The van der Waals surface area contributed by atoms with Crippen LogP contribution < -0.4 is 0 Å². The first-order chi connectivity index (χ1) is 8.66. The highest BCUT2D eigenvalue weighted by molar-refractivity contribution is 5.87. The van der Waals surface area contributed by atoms with Gasteiger partial charge in [0.05, 0.1) is 5.56 Å². The summed E-state index contributed by atoms with van der Waals surface area (Å²) in [6.45, 7) is 1.69. The summed E-state index contributed by atoms with van der Waals surface area (Å²) >= 11 is 0. The number of aromatic carboxylic acids is 1. The lowest BCUT2D eigenvalue weighted by Crippen LogP contribution is -2.25. The Balaban J connectivity index is 1.79. The molecule has 1 aliphatic heterocycles. The van der Waals surface area contributed by atoms with Gasteiger partial charge in [0, 0.05) is 19.5 Å². The number of hydrogen-bond acceptors (Lipinski definition) is 2. The Morgan fingerprint density at radius 2 is 2.00 bits per heavy atom. The van der Waals surface area contributed by atoms with Crippen LogP contribution in [0.3, 0.4) is 0 Å². The van der Waals surface area contributed by atoms with Crippen LogP contribution in [-0.2, 0) is 11.2 Å². The van der Waals surface area contributed by atoms with Crippen LogP contribution in [0.25, 0.3) is 0 Å². The zero-order valence-electron chi connectivity index (χ0n) is 10.3. The van der Waals surface area contributed by atoms with Gasteiger partial charge in [0.25, 0.3) is 0 Å². The number of amides is 1. The molecule has 0 spiro atoms. The maximum absolute atomic E-state index is 11.4. The predicted molar refractivity (Wildman–Crippen MR) is 67.5 cm³/mol. The second-order valence-electron chi connectivity index (χ2n) is 4.59. The summed E-state index contributed by atoms with van der Waals surface area (Å²) in [5.74, 6) is -0.638. The van der Waals surface area contributed by atoms with Gasteiger partial charge in [-0.2, -0.15) is 0 Å². The van der Waals surface area contributed by atoms with Crippen molar-refractivity contribution in [2.24, 2.45) is 0 Å². The fourth-order valence-electron chi connectivity index (χ4n) is 2.23. The van der Waals surface area contributed by atoms with E-state index in [0.29, 0.717) is 12.0 Å². The molecular formula is C14H17NO3. The average molecular weight is 247 g/mol. The molecule has 0 aromatic heterocycles. The first-order valence-electron chi connectivity index (χ1n) is 6.27. The maximum Gasteiger partial charge on any atom is 0.335 e. The van der Waals surface area contributed by atoms with Gasteiger partial charge in [0.15, 0.2) is 0 Å². The molecule has 0 atom stereocenters. The van der Waals surface area contributed by atoms with Crippen LogP contribution in [0.4, 0.5) is 0 Å². The summed E-state index contributed by atoms with van der Waals surface area (Å²) in [5, 5.41) is 8.78. The van der Waals surface area contributed by atoms with Crippen LogP contribution >= 0.6 is 0 Å². The molecule has 1 N–H and O–H groups in total. The molecule has 0 radical (unpaired) electrons. The topological polar surface area (TPSA) is 57.6 Å². The second kappa shape index (κ2) is 5.67. The van der Waals surface area contributed by atoms with Gasteiger partial charge in [-0.25, -0.2) is 4.79 Å². The van der Waals surface area contributed by atoms with Crippen LogP contribution in [0.1, 0.15) is 35.2 Å². The Kier molecular flexibility index (Phi) is 3.97. The SMILES string of the molecule is O=C(O)c1ccc(CCCN2CCCC2=O)cc1. The van der Waals surface area contributed by atoms with Crippen LogP contribution in [0.2, 0.25) is 0 Å². The molecule has 0 saturated carbocycles. The molecule has 1 heterocycles. The Bertz CT molecular complexity index is 439. The van der Waals surface area contributed by atoms with Crippen molar-refractivity contribution in [2.75, 3.05) is 13.1 Å².